The van der Waals surface area contributed by atoms with Crippen molar-refractivity contribution in [2.45, 2.75) is 26.2 Å². The molecule has 2 aliphatic heterocycles. The molecule has 0 aliphatic carbocycles. The molecule has 2 heterocycles. The van der Waals surface area contributed by atoms with Gasteiger partial charge in [-0.1, -0.05) is 6.92 Å². The molecule has 0 aromatic carbocycles. The highest BCUT2D eigenvalue weighted by atomic mass is 16.2. The fraction of sp³-hybridized carbons (Fsp3) is 0.833. The lowest BCUT2D eigenvalue weighted by Gasteiger charge is -2.24. The van der Waals surface area contributed by atoms with Gasteiger partial charge in [0.1, 0.15) is 0 Å². The molecule has 2 N–H and O–H groups in total. The predicted molar refractivity (Wildman–Crippen MR) is 64.2 cm³/mol. The minimum atomic E-state index is -0.0178. The van der Waals surface area contributed by atoms with Crippen LogP contribution in [0.25, 0.3) is 0 Å². The molecule has 0 saturated carbocycles. The molecule has 0 spiro atoms. The molecule has 2 rings (SSSR count). The van der Waals surface area contributed by atoms with Crippen molar-refractivity contribution < 1.29 is 9.59 Å². The number of rotatable bonds is 4. The van der Waals surface area contributed by atoms with Crippen LogP contribution in [0.1, 0.15) is 26.2 Å². The van der Waals surface area contributed by atoms with Crippen molar-refractivity contribution in [2.75, 3.05) is 32.7 Å². The second-order valence-corrected chi connectivity index (χ2v) is 5.48. The van der Waals surface area contributed by atoms with E-state index in [-0.39, 0.29) is 17.2 Å². The monoisotopic (exact) mass is 239 g/mol. The van der Waals surface area contributed by atoms with E-state index < -0.39 is 0 Å². The fourth-order valence-corrected chi connectivity index (χ4v) is 2.60. The average Bonchev–Trinajstić information content (AvgIpc) is 2.83. The highest BCUT2D eigenvalue weighted by Gasteiger charge is 2.34. The summed E-state index contributed by atoms with van der Waals surface area (Å²) in [6, 6.07) is 0. The van der Waals surface area contributed by atoms with E-state index in [1.807, 2.05) is 0 Å². The van der Waals surface area contributed by atoms with Crippen molar-refractivity contribution in [3.8, 4) is 0 Å². The molecule has 0 radical (unpaired) electrons. The summed E-state index contributed by atoms with van der Waals surface area (Å²) in [4.78, 5) is 26.6. The Labute approximate surface area is 102 Å². The molecular formula is C12H21N3O2. The lowest BCUT2D eigenvalue weighted by molar-refractivity contribution is -0.138. The first-order valence-corrected chi connectivity index (χ1v) is 6.30. The van der Waals surface area contributed by atoms with Crippen LogP contribution in [0.2, 0.25) is 0 Å². The van der Waals surface area contributed by atoms with Gasteiger partial charge in [-0.05, 0) is 24.9 Å². The van der Waals surface area contributed by atoms with Gasteiger partial charge >= 0.3 is 0 Å². The summed E-state index contributed by atoms with van der Waals surface area (Å²) in [5.41, 5.74) is 5.95. The molecule has 5 heteroatoms. The third-order valence-corrected chi connectivity index (χ3v) is 3.92. The Morgan fingerprint density at radius 1 is 1.24 bits per heavy atom. The summed E-state index contributed by atoms with van der Waals surface area (Å²) in [5.74, 6) is -0.0356. The average molecular weight is 239 g/mol. The molecule has 0 aromatic heterocycles. The molecule has 2 saturated heterocycles. The quantitative estimate of drug-likeness (QED) is 0.690. The third-order valence-electron chi connectivity index (χ3n) is 3.92. The minimum absolute atomic E-state index is 0.0178. The largest absolute Gasteiger partial charge is 0.330 e. The van der Waals surface area contributed by atoms with Crippen molar-refractivity contribution in [3.63, 3.8) is 0 Å². The van der Waals surface area contributed by atoms with Crippen molar-refractivity contribution in [1.82, 2.24) is 9.80 Å². The number of amides is 2. The zero-order chi connectivity index (χ0) is 12.5. The smallest absolute Gasteiger partial charge is 0.229 e. The van der Waals surface area contributed by atoms with Gasteiger partial charge in [0.2, 0.25) is 11.8 Å². The van der Waals surface area contributed by atoms with Crippen LogP contribution in [0.4, 0.5) is 0 Å². The molecule has 2 aliphatic rings. The van der Waals surface area contributed by atoms with E-state index in [4.69, 9.17) is 5.73 Å². The summed E-state index contributed by atoms with van der Waals surface area (Å²) < 4.78 is 0. The number of carbonyl (C=O) groups excluding carboxylic acids is 2. The number of likely N-dealkylation sites (tertiary alicyclic amines) is 2. The van der Waals surface area contributed by atoms with E-state index in [2.05, 4.69) is 11.8 Å². The van der Waals surface area contributed by atoms with Gasteiger partial charge in [0.15, 0.2) is 0 Å². The summed E-state index contributed by atoms with van der Waals surface area (Å²) in [6.07, 6.45) is 1.88. The fourth-order valence-electron chi connectivity index (χ4n) is 2.60. The van der Waals surface area contributed by atoms with Crippen LogP contribution in [0.3, 0.4) is 0 Å². The maximum atomic E-state index is 11.4. The topological polar surface area (TPSA) is 66.6 Å². The Hall–Kier alpha value is -0.940. The summed E-state index contributed by atoms with van der Waals surface area (Å²) in [5, 5.41) is 0. The van der Waals surface area contributed by atoms with E-state index in [0.717, 1.165) is 26.1 Å². The zero-order valence-electron chi connectivity index (χ0n) is 10.4. The summed E-state index contributed by atoms with van der Waals surface area (Å²) >= 11 is 0. The Morgan fingerprint density at radius 3 is 2.41 bits per heavy atom. The highest BCUT2D eigenvalue weighted by Crippen LogP contribution is 2.28. The van der Waals surface area contributed by atoms with Gasteiger partial charge in [-0.25, -0.2) is 0 Å². The van der Waals surface area contributed by atoms with Gasteiger partial charge < -0.3 is 10.6 Å². The maximum absolute atomic E-state index is 11.4. The normalized spacial score (nSPS) is 30.6. The number of nitrogens with two attached hydrogens (primary N) is 1. The molecule has 1 atom stereocenters. The van der Waals surface area contributed by atoms with Crippen molar-refractivity contribution in [2.24, 2.45) is 11.1 Å². The number of hydrogen-bond acceptors (Lipinski definition) is 4. The SMILES string of the molecule is CC1(CN)CCN(CCN2C(=O)CCC2=O)C1. The molecule has 2 amide bonds. The van der Waals surface area contributed by atoms with Crippen molar-refractivity contribution in [1.29, 1.82) is 0 Å². The number of imide groups is 1. The lowest BCUT2D eigenvalue weighted by atomic mass is 9.90. The van der Waals surface area contributed by atoms with Crippen LogP contribution in [-0.2, 0) is 9.59 Å². The van der Waals surface area contributed by atoms with Gasteiger partial charge in [-0.2, -0.15) is 0 Å². The van der Waals surface area contributed by atoms with E-state index in [9.17, 15) is 9.59 Å². The number of carbonyl (C=O) groups is 2. The van der Waals surface area contributed by atoms with Crippen LogP contribution >= 0.6 is 0 Å². The standard InChI is InChI=1S/C12H21N3O2/c1-12(8-13)4-5-14(9-12)6-7-15-10(16)2-3-11(15)17/h2-9,13H2,1H3. The molecule has 5 nitrogen and oxygen atoms in total. The van der Waals surface area contributed by atoms with Crippen molar-refractivity contribution >= 4 is 11.8 Å². The van der Waals surface area contributed by atoms with E-state index in [1.165, 1.54) is 4.90 Å². The minimum Gasteiger partial charge on any atom is -0.330 e. The van der Waals surface area contributed by atoms with Gasteiger partial charge in [0.25, 0.3) is 0 Å². The Bertz CT molecular complexity index is 316. The lowest BCUT2D eigenvalue weighted by Crippen LogP contribution is -2.38. The molecule has 2 fully saturated rings. The van der Waals surface area contributed by atoms with E-state index in [0.29, 0.717) is 25.9 Å². The number of hydrogen-bond donors (Lipinski definition) is 1. The van der Waals surface area contributed by atoms with Crippen LogP contribution in [0.5, 0.6) is 0 Å². The molecule has 96 valence electrons. The molecule has 17 heavy (non-hydrogen) atoms. The van der Waals surface area contributed by atoms with Crippen LogP contribution < -0.4 is 5.73 Å². The van der Waals surface area contributed by atoms with Gasteiger partial charge in [0.05, 0.1) is 0 Å². The van der Waals surface area contributed by atoms with Gasteiger partial charge in [-0.3, -0.25) is 14.5 Å². The second-order valence-electron chi connectivity index (χ2n) is 5.48. The summed E-state index contributed by atoms with van der Waals surface area (Å²) in [7, 11) is 0. The van der Waals surface area contributed by atoms with Crippen LogP contribution in [0, 0.1) is 5.41 Å². The van der Waals surface area contributed by atoms with Gasteiger partial charge in [-0.15, -0.1) is 0 Å². The first kappa shape index (κ1) is 12.5. The Balaban J connectivity index is 1.80. The second kappa shape index (κ2) is 4.74. The summed E-state index contributed by atoms with van der Waals surface area (Å²) in [6.45, 7) is 6.21. The van der Waals surface area contributed by atoms with Crippen LogP contribution in [-0.4, -0.2) is 54.3 Å². The van der Waals surface area contributed by atoms with Gasteiger partial charge in [0, 0.05) is 32.5 Å². The Kier molecular flexibility index (Phi) is 3.49. The Morgan fingerprint density at radius 2 is 1.88 bits per heavy atom. The first-order chi connectivity index (χ1) is 8.04. The van der Waals surface area contributed by atoms with E-state index >= 15 is 0 Å². The highest BCUT2D eigenvalue weighted by molar-refractivity contribution is 6.01. The third kappa shape index (κ3) is 2.66. The zero-order valence-corrected chi connectivity index (χ0v) is 10.4. The molecular weight excluding hydrogens is 218 g/mol. The maximum Gasteiger partial charge on any atom is 0.229 e. The van der Waals surface area contributed by atoms with Crippen molar-refractivity contribution in [3.05, 3.63) is 0 Å². The first-order valence-electron chi connectivity index (χ1n) is 6.30. The van der Waals surface area contributed by atoms with Crippen LogP contribution in [0.15, 0.2) is 0 Å². The van der Waals surface area contributed by atoms with E-state index in [1.54, 1.807) is 0 Å². The molecule has 0 aromatic rings. The number of nitrogens with zero attached hydrogens (tertiary/aromatic N) is 2. The molecule has 0 bridgehead atoms. The predicted octanol–water partition coefficient (Wildman–Crippen LogP) is -0.194. The molecule has 1 unspecified atom stereocenters.